The van der Waals surface area contributed by atoms with Crippen LogP contribution in [0.3, 0.4) is 0 Å². The first kappa shape index (κ1) is 27.9. The van der Waals surface area contributed by atoms with E-state index in [1.165, 1.54) is 27.1 Å². The third kappa shape index (κ3) is 4.15. The highest BCUT2D eigenvalue weighted by Gasteiger charge is 2.19. The Hall–Kier alpha value is -6.98. The van der Waals surface area contributed by atoms with Crippen LogP contribution in [0.5, 0.6) is 0 Å². The molecule has 238 valence electrons. The van der Waals surface area contributed by atoms with Crippen molar-refractivity contribution >= 4 is 65.8 Å². The molecule has 0 saturated carbocycles. The van der Waals surface area contributed by atoms with Crippen molar-refractivity contribution in [2.24, 2.45) is 0 Å². The van der Waals surface area contributed by atoms with Gasteiger partial charge in [0.15, 0.2) is 5.58 Å². The fourth-order valence-electron chi connectivity index (χ4n) is 7.91. The number of hydrogen-bond acceptors (Lipinski definition) is 3. The zero-order chi connectivity index (χ0) is 33.5. The molecule has 0 aliphatic rings. The summed E-state index contributed by atoms with van der Waals surface area (Å²) in [6, 6.07) is 59.6. The van der Waals surface area contributed by atoms with Crippen LogP contribution in [0.4, 0.5) is 0 Å². The second-order valence-corrected chi connectivity index (χ2v) is 13.0. The summed E-state index contributed by atoms with van der Waals surface area (Å²) in [6.07, 6.45) is 0. The van der Waals surface area contributed by atoms with Crippen molar-refractivity contribution in [2.75, 3.05) is 0 Å². The van der Waals surface area contributed by atoms with Crippen LogP contribution in [0.2, 0.25) is 0 Å². The summed E-state index contributed by atoms with van der Waals surface area (Å²) < 4.78 is 11.0. The molecule has 0 fully saturated rings. The van der Waals surface area contributed by atoms with Gasteiger partial charge in [-0.15, -0.1) is 0 Å². The molecule has 11 aromatic rings. The average Bonchev–Trinajstić information content (AvgIpc) is 3.85. The minimum atomic E-state index is 0.579. The van der Waals surface area contributed by atoms with Gasteiger partial charge in [-0.3, -0.25) is 0 Å². The number of para-hydroxylation sites is 4. The van der Waals surface area contributed by atoms with E-state index in [9.17, 15) is 0 Å². The van der Waals surface area contributed by atoms with E-state index in [-0.39, 0.29) is 0 Å². The van der Waals surface area contributed by atoms with Crippen LogP contribution >= 0.6 is 0 Å². The molecule has 5 heterocycles. The third-order valence-electron chi connectivity index (χ3n) is 10.2. The van der Waals surface area contributed by atoms with Gasteiger partial charge < -0.3 is 13.6 Å². The predicted octanol–water partition coefficient (Wildman–Crippen LogP) is 11.9. The van der Waals surface area contributed by atoms with Gasteiger partial charge in [0.2, 0.25) is 5.71 Å². The first-order chi connectivity index (χ1) is 25.3. The number of rotatable bonds is 4. The van der Waals surface area contributed by atoms with Gasteiger partial charge in [-0.25, -0.2) is 9.97 Å². The van der Waals surface area contributed by atoms with Gasteiger partial charge in [0.1, 0.15) is 5.52 Å². The third-order valence-corrected chi connectivity index (χ3v) is 10.2. The van der Waals surface area contributed by atoms with Crippen LogP contribution in [-0.2, 0) is 0 Å². The number of fused-ring (bicyclic) bond motifs is 9. The van der Waals surface area contributed by atoms with Crippen molar-refractivity contribution in [2.45, 2.75) is 0 Å². The Morgan fingerprint density at radius 2 is 1.02 bits per heavy atom. The summed E-state index contributed by atoms with van der Waals surface area (Å²) in [4.78, 5) is 10.3. The Morgan fingerprint density at radius 1 is 0.412 bits per heavy atom. The van der Waals surface area contributed by atoms with Crippen LogP contribution in [-0.4, -0.2) is 19.1 Å². The van der Waals surface area contributed by atoms with Crippen molar-refractivity contribution in [3.05, 3.63) is 170 Å². The second-order valence-electron chi connectivity index (χ2n) is 13.0. The lowest BCUT2D eigenvalue weighted by molar-refractivity contribution is 0.654. The van der Waals surface area contributed by atoms with Crippen LogP contribution < -0.4 is 0 Å². The van der Waals surface area contributed by atoms with Crippen LogP contribution in [0.25, 0.3) is 99.7 Å². The Labute approximate surface area is 292 Å². The highest BCUT2D eigenvalue weighted by molar-refractivity contribution is 6.16. The SMILES string of the molecule is c1ccc(-n2c3ccccc3c3ccc(-c4ccc5oc6nc(-c7cccc8c7c7ccccc7n8-c7ccccc7)ccc6c5n4)cc32)cc1. The van der Waals surface area contributed by atoms with Gasteiger partial charge in [-0.1, -0.05) is 97.1 Å². The van der Waals surface area contributed by atoms with Crippen molar-refractivity contribution in [3.63, 3.8) is 0 Å². The molecule has 5 aromatic heterocycles. The maximum Gasteiger partial charge on any atom is 0.229 e. The van der Waals surface area contributed by atoms with Gasteiger partial charge in [-0.2, -0.15) is 0 Å². The molecule has 0 amide bonds. The molecule has 5 nitrogen and oxygen atoms in total. The molecular formula is C46H28N4O. The maximum absolute atomic E-state index is 6.38. The largest absolute Gasteiger partial charge is 0.436 e. The van der Waals surface area contributed by atoms with Crippen LogP contribution in [0, 0.1) is 0 Å². The van der Waals surface area contributed by atoms with E-state index < -0.39 is 0 Å². The summed E-state index contributed by atoms with van der Waals surface area (Å²) in [6.45, 7) is 0. The number of aromatic nitrogens is 4. The van der Waals surface area contributed by atoms with Gasteiger partial charge in [0, 0.05) is 44.0 Å². The number of nitrogens with zero attached hydrogens (tertiary/aromatic N) is 4. The molecule has 11 rings (SSSR count). The van der Waals surface area contributed by atoms with Crippen molar-refractivity contribution in [1.29, 1.82) is 0 Å². The second kappa shape index (κ2) is 10.8. The Bertz CT molecular complexity index is 3130. The molecule has 0 aliphatic carbocycles. The lowest BCUT2D eigenvalue weighted by Crippen LogP contribution is -1.93. The molecule has 0 radical (unpaired) electrons. The van der Waals surface area contributed by atoms with E-state index in [0.29, 0.717) is 5.71 Å². The minimum Gasteiger partial charge on any atom is -0.436 e. The smallest absolute Gasteiger partial charge is 0.229 e. The number of hydrogen-bond donors (Lipinski definition) is 0. The Morgan fingerprint density at radius 3 is 1.80 bits per heavy atom. The highest BCUT2D eigenvalue weighted by atomic mass is 16.3. The van der Waals surface area contributed by atoms with Crippen molar-refractivity contribution in [1.82, 2.24) is 19.1 Å². The summed E-state index contributed by atoms with van der Waals surface area (Å²) in [5.74, 6) is 0. The summed E-state index contributed by atoms with van der Waals surface area (Å²) in [7, 11) is 0. The van der Waals surface area contributed by atoms with Gasteiger partial charge in [-0.05, 0) is 72.8 Å². The maximum atomic E-state index is 6.38. The zero-order valence-electron chi connectivity index (χ0n) is 27.4. The molecule has 5 heteroatoms. The number of pyridine rings is 2. The molecule has 0 saturated heterocycles. The zero-order valence-corrected chi connectivity index (χ0v) is 27.4. The molecule has 51 heavy (non-hydrogen) atoms. The molecule has 0 spiro atoms. The van der Waals surface area contributed by atoms with E-state index in [1.54, 1.807) is 0 Å². The lowest BCUT2D eigenvalue weighted by Gasteiger charge is -2.08. The summed E-state index contributed by atoms with van der Waals surface area (Å²) in [5.41, 5.74) is 12.9. The molecule has 6 aromatic carbocycles. The topological polar surface area (TPSA) is 48.8 Å². The van der Waals surface area contributed by atoms with E-state index in [1.807, 2.05) is 12.1 Å². The lowest BCUT2D eigenvalue weighted by atomic mass is 10.0. The predicted molar refractivity (Wildman–Crippen MR) is 209 cm³/mol. The fourth-order valence-corrected chi connectivity index (χ4v) is 7.91. The van der Waals surface area contributed by atoms with Crippen molar-refractivity contribution < 1.29 is 4.42 Å². The average molecular weight is 653 g/mol. The highest BCUT2D eigenvalue weighted by Crippen LogP contribution is 2.40. The van der Waals surface area contributed by atoms with E-state index in [2.05, 4.69) is 167 Å². The fraction of sp³-hybridized carbons (Fsp3) is 0. The van der Waals surface area contributed by atoms with E-state index in [0.717, 1.165) is 66.9 Å². The minimum absolute atomic E-state index is 0.579. The molecule has 0 bridgehead atoms. The van der Waals surface area contributed by atoms with E-state index >= 15 is 0 Å². The Balaban J connectivity index is 1.06. The molecule has 0 N–H and O–H groups in total. The Kier molecular flexibility index (Phi) is 5.89. The number of furan rings is 1. The van der Waals surface area contributed by atoms with E-state index in [4.69, 9.17) is 14.4 Å². The standard InChI is InChI=1S/C46H28N4O/c1-3-12-30(13-4-1)49-40-20-10-8-17-35(40)44-34(18-11-21-41(44)49)38-25-24-36-45-43(51-46(36)48-38)27-26-37(47-45)29-22-23-33-32-16-7-9-19-39(32)50(42(33)28-29)31-14-5-2-6-15-31/h1-28H. The van der Waals surface area contributed by atoms with Crippen LogP contribution in [0.1, 0.15) is 0 Å². The van der Waals surface area contributed by atoms with Gasteiger partial charge in [0.05, 0.1) is 38.8 Å². The quantitative estimate of drug-likeness (QED) is 0.190. The molecule has 0 atom stereocenters. The monoisotopic (exact) mass is 652 g/mol. The normalized spacial score (nSPS) is 11.9. The van der Waals surface area contributed by atoms with Gasteiger partial charge >= 0.3 is 0 Å². The van der Waals surface area contributed by atoms with Gasteiger partial charge in [0.25, 0.3) is 0 Å². The summed E-state index contributed by atoms with van der Waals surface area (Å²) >= 11 is 0. The van der Waals surface area contributed by atoms with Crippen molar-refractivity contribution in [3.8, 4) is 33.9 Å². The first-order valence-electron chi connectivity index (χ1n) is 17.2. The molecule has 0 aliphatic heterocycles. The molecular weight excluding hydrogens is 625 g/mol. The molecule has 0 unspecified atom stereocenters. The number of benzene rings is 6. The first-order valence-corrected chi connectivity index (χ1v) is 17.2. The van der Waals surface area contributed by atoms with Crippen LogP contribution in [0.15, 0.2) is 174 Å². The summed E-state index contributed by atoms with van der Waals surface area (Å²) in [5, 5.41) is 5.70.